The fourth-order valence-corrected chi connectivity index (χ4v) is 10.0. The van der Waals surface area contributed by atoms with Gasteiger partial charge in [0.15, 0.2) is 0 Å². The van der Waals surface area contributed by atoms with Crippen LogP contribution in [0.4, 0.5) is 0 Å². The van der Waals surface area contributed by atoms with E-state index in [1.807, 2.05) is 0 Å². The zero-order valence-electron chi connectivity index (χ0n) is 24.4. The molecule has 0 N–H and O–H groups in total. The molecule has 0 aromatic carbocycles. The van der Waals surface area contributed by atoms with Crippen LogP contribution in [0.5, 0.6) is 0 Å². The summed E-state index contributed by atoms with van der Waals surface area (Å²) in [6, 6.07) is 0. The van der Waals surface area contributed by atoms with Crippen molar-refractivity contribution >= 4 is 5.97 Å². The second-order valence-electron chi connectivity index (χ2n) is 14.1. The number of hydrogen-bond acceptors (Lipinski definition) is 2. The Bertz CT molecular complexity index is 866. The number of carbonyl (C=O) groups excluding carboxylic acids is 1. The summed E-state index contributed by atoms with van der Waals surface area (Å²) < 4.78 is 5.78. The average Bonchev–Trinajstić information content (AvgIpc) is 3.07. The van der Waals surface area contributed by atoms with Gasteiger partial charge in [0, 0.05) is 6.92 Å². The normalized spacial score (nSPS) is 44.2. The van der Waals surface area contributed by atoms with Gasteiger partial charge < -0.3 is 4.74 Å². The van der Waals surface area contributed by atoms with Gasteiger partial charge in [0.2, 0.25) is 0 Å². The molecule has 35 heavy (non-hydrogen) atoms. The van der Waals surface area contributed by atoms with Gasteiger partial charge in [0.05, 0.1) is 0 Å². The average molecular weight is 483 g/mol. The van der Waals surface area contributed by atoms with E-state index in [1.165, 1.54) is 51.4 Å². The lowest BCUT2D eigenvalue weighted by atomic mass is 9.43. The van der Waals surface area contributed by atoms with Crippen molar-refractivity contribution in [3.8, 4) is 0 Å². The van der Waals surface area contributed by atoms with E-state index in [-0.39, 0.29) is 17.5 Å². The third-order valence-corrected chi connectivity index (χ3v) is 12.4. The van der Waals surface area contributed by atoms with Crippen LogP contribution in [0, 0.1) is 51.8 Å². The van der Waals surface area contributed by atoms with Crippen LogP contribution in [-0.2, 0) is 9.53 Å². The van der Waals surface area contributed by atoms with E-state index in [0.29, 0.717) is 28.6 Å². The van der Waals surface area contributed by atoms with E-state index in [1.54, 1.807) is 18.1 Å². The molecule has 4 aliphatic carbocycles. The summed E-state index contributed by atoms with van der Waals surface area (Å²) >= 11 is 0. The Balaban J connectivity index is 1.56. The van der Waals surface area contributed by atoms with Gasteiger partial charge in [-0.05, 0) is 116 Å². The van der Waals surface area contributed by atoms with Crippen LogP contribution in [0.25, 0.3) is 0 Å². The minimum absolute atomic E-state index is 0.108. The first-order chi connectivity index (χ1) is 16.4. The molecule has 4 rings (SSSR count). The fourth-order valence-electron chi connectivity index (χ4n) is 10.0. The van der Waals surface area contributed by atoms with Crippen molar-refractivity contribution in [2.24, 2.45) is 51.8 Å². The van der Waals surface area contributed by atoms with Gasteiger partial charge in [0.25, 0.3) is 0 Å². The molecule has 9 atom stereocenters. The zero-order chi connectivity index (χ0) is 25.8. The molecule has 198 valence electrons. The van der Waals surface area contributed by atoms with Crippen LogP contribution in [-0.4, -0.2) is 12.1 Å². The van der Waals surface area contributed by atoms with E-state index >= 15 is 0 Å². The van der Waals surface area contributed by atoms with E-state index in [0.717, 1.165) is 24.2 Å². The van der Waals surface area contributed by atoms with Gasteiger partial charge in [-0.15, -0.1) is 0 Å². The SMILES string of the molecule is C/C=C(\CC[C@@H](C)[C@H]1CC[C@@]2(C)[C@@H]3CC[C@H]4[C@H](C)[C@@H](OC(C)=O)CC[C@]4(C)C3=CC[C@]12C)C(C)C. The molecule has 0 aromatic heterocycles. The number of ether oxygens (including phenoxy) is 1. The molecule has 3 fully saturated rings. The van der Waals surface area contributed by atoms with E-state index in [2.05, 4.69) is 67.5 Å². The Morgan fingerprint density at radius 1 is 1.09 bits per heavy atom. The molecular weight excluding hydrogens is 428 g/mol. The molecule has 2 heteroatoms. The van der Waals surface area contributed by atoms with Gasteiger partial charge >= 0.3 is 5.97 Å². The molecule has 2 nitrogen and oxygen atoms in total. The maximum absolute atomic E-state index is 11.7. The Kier molecular flexibility index (Phi) is 7.47. The molecule has 0 heterocycles. The van der Waals surface area contributed by atoms with Crippen LogP contribution in [0.15, 0.2) is 23.3 Å². The molecule has 0 unspecified atom stereocenters. The van der Waals surface area contributed by atoms with Crippen molar-refractivity contribution in [2.75, 3.05) is 0 Å². The van der Waals surface area contributed by atoms with Gasteiger partial charge in [-0.1, -0.05) is 71.8 Å². The van der Waals surface area contributed by atoms with E-state index < -0.39 is 0 Å². The molecule has 0 aliphatic heterocycles. The number of fused-ring (bicyclic) bond motifs is 5. The third-order valence-electron chi connectivity index (χ3n) is 12.4. The lowest BCUT2D eigenvalue weighted by Crippen LogP contribution is -2.55. The second kappa shape index (κ2) is 9.68. The predicted molar refractivity (Wildman–Crippen MR) is 147 cm³/mol. The highest BCUT2D eigenvalue weighted by Gasteiger charge is 2.64. The van der Waals surface area contributed by atoms with Crippen molar-refractivity contribution in [3.63, 3.8) is 0 Å². The number of hydrogen-bond donors (Lipinski definition) is 0. The molecule has 4 aliphatic rings. The van der Waals surface area contributed by atoms with Gasteiger partial charge in [-0.25, -0.2) is 0 Å². The summed E-state index contributed by atoms with van der Waals surface area (Å²) in [4.78, 5) is 11.7. The predicted octanol–water partition coefficient (Wildman–Crippen LogP) is 9.15. The van der Waals surface area contributed by atoms with Crippen molar-refractivity contribution in [1.82, 2.24) is 0 Å². The van der Waals surface area contributed by atoms with Crippen molar-refractivity contribution in [2.45, 2.75) is 126 Å². The molecule has 0 amide bonds. The maximum Gasteiger partial charge on any atom is 0.302 e. The van der Waals surface area contributed by atoms with Crippen molar-refractivity contribution in [1.29, 1.82) is 0 Å². The molecular formula is C33H54O2. The van der Waals surface area contributed by atoms with Crippen LogP contribution in [0.1, 0.15) is 120 Å². The minimum atomic E-state index is -0.111. The smallest absolute Gasteiger partial charge is 0.302 e. The van der Waals surface area contributed by atoms with Crippen LogP contribution in [0.2, 0.25) is 0 Å². The highest BCUT2D eigenvalue weighted by atomic mass is 16.5. The highest BCUT2D eigenvalue weighted by molar-refractivity contribution is 5.66. The first-order valence-electron chi connectivity index (χ1n) is 14.9. The molecule has 0 bridgehead atoms. The molecule has 0 radical (unpaired) electrons. The molecule has 0 aromatic rings. The summed E-state index contributed by atoms with van der Waals surface area (Å²) in [5.74, 6) is 4.02. The largest absolute Gasteiger partial charge is 0.462 e. The van der Waals surface area contributed by atoms with Gasteiger partial charge in [0.1, 0.15) is 6.10 Å². The Labute approximate surface area is 216 Å². The summed E-state index contributed by atoms with van der Waals surface area (Å²) in [6.07, 6.45) is 16.7. The van der Waals surface area contributed by atoms with Crippen LogP contribution >= 0.6 is 0 Å². The number of rotatable bonds is 6. The Morgan fingerprint density at radius 3 is 2.43 bits per heavy atom. The first-order valence-corrected chi connectivity index (χ1v) is 14.9. The minimum Gasteiger partial charge on any atom is -0.462 e. The maximum atomic E-state index is 11.7. The Hall–Kier alpha value is -1.05. The zero-order valence-corrected chi connectivity index (χ0v) is 24.4. The summed E-state index contributed by atoms with van der Waals surface area (Å²) in [5.41, 5.74) is 4.55. The number of esters is 1. The standard InChI is InChI=1S/C33H54O2/c1-10-25(21(2)3)12-11-22(4)26-15-19-33(9)29-14-13-27-23(5)30(35-24(6)34)17-18-31(27,7)28(29)16-20-32(26,33)8/h10,16,21-23,26-27,29-30H,11-15,17-20H2,1-9H3/b25-10+/t22-,23+,26-,27+,29-,30+,31+,32-,33+/m1/s1. The molecule has 3 saturated carbocycles. The fraction of sp³-hybridized carbons (Fsp3) is 0.848. The monoisotopic (exact) mass is 482 g/mol. The number of carbonyl (C=O) groups is 1. The topological polar surface area (TPSA) is 26.3 Å². The first kappa shape index (κ1) is 27.0. The molecule has 0 saturated heterocycles. The number of allylic oxidation sites excluding steroid dienone is 4. The summed E-state index contributed by atoms with van der Waals surface area (Å²) in [7, 11) is 0. The highest BCUT2D eigenvalue weighted by Crippen LogP contribution is 2.72. The Morgan fingerprint density at radius 2 is 1.80 bits per heavy atom. The van der Waals surface area contributed by atoms with E-state index in [4.69, 9.17) is 4.74 Å². The van der Waals surface area contributed by atoms with Crippen molar-refractivity contribution in [3.05, 3.63) is 23.3 Å². The van der Waals surface area contributed by atoms with Crippen LogP contribution < -0.4 is 0 Å². The van der Waals surface area contributed by atoms with Crippen LogP contribution in [0.3, 0.4) is 0 Å². The summed E-state index contributed by atoms with van der Waals surface area (Å²) in [5, 5.41) is 0. The lowest BCUT2D eigenvalue weighted by Gasteiger charge is -2.62. The summed E-state index contributed by atoms with van der Waals surface area (Å²) in [6.45, 7) is 21.3. The van der Waals surface area contributed by atoms with Gasteiger partial charge in [-0.3, -0.25) is 4.79 Å². The molecule has 0 spiro atoms. The third kappa shape index (κ3) is 4.27. The quantitative estimate of drug-likeness (QED) is 0.279. The van der Waals surface area contributed by atoms with E-state index in [9.17, 15) is 4.79 Å². The van der Waals surface area contributed by atoms with Crippen molar-refractivity contribution < 1.29 is 9.53 Å². The van der Waals surface area contributed by atoms with Gasteiger partial charge in [-0.2, -0.15) is 0 Å². The lowest BCUT2D eigenvalue weighted by molar-refractivity contribution is -0.157. The second-order valence-corrected chi connectivity index (χ2v) is 14.1.